The van der Waals surface area contributed by atoms with Gasteiger partial charge in [0.05, 0.1) is 13.2 Å². The second kappa shape index (κ2) is 10.7. The predicted molar refractivity (Wildman–Crippen MR) is 108 cm³/mol. The van der Waals surface area contributed by atoms with Crippen LogP contribution in [0.2, 0.25) is 0 Å². The number of urea groups is 1. The highest BCUT2D eigenvalue weighted by Gasteiger charge is 2.39. The van der Waals surface area contributed by atoms with Crippen molar-refractivity contribution >= 4 is 11.9 Å². The van der Waals surface area contributed by atoms with Crippen molar-refractivity contribution in [1.82, 2.24) is 9.80 Å². The van der Waals surface area contributed by atoms with Gasteiger partial charge in [0.25, 0.3) is 0 Å². The fourth-order valence-electron chi connectivity index (χ4n) is 3.44. The van der Waals surface area contributed by atoms with Gasteiger partial charge in [-0.25, -0.2) is 4.79 Å². The maximum atomic E-state index is 13.1. The molecular formula is C21H31N3O4. The first-order chi connectivity index (χ1) is 13.5. The lowest BCUT2D eigenvalue weighted by atomic mass is 10.1. The van der Waals surface area contributed by atoms with Crippen molar-refractivity contribution in [3.05, 3.63) is 42.5 Å². The smallest absolute Gasteiger partial charge is 0.321 e. The van der Waals surface area contributed by atoms with Gasteiger partial charge < -0.3 is 25.4 Å². The van der Waals surface area contributed by atoms with E-state index in [1.165, 1.54) is 4.90 Å². The fraction of sp³-hybridized carbons (Fsp3) is 0.524. The average Bonchev–Trinajstić information content (AvgIpc) is 3.09. The topological polar surface area (TPSA) is 96.1 Å². The van der Waals surface area contributed by atoms with Crippen LogP contribution >= 0.6 is 0 Å². The first-order valence-electron chi connectivity index (χ1n) is 9.73. The van der Waals surface area contributed by atoms with Crippen molar-refractivity contribution in [2.24, 2.45) is 5.73 Å². The third kappa shape index (κ3) is 5.99. The number of likely N-dealkylation sites (tertiary alicyclic amines) is 1. The molecule has 7 heteroatoms. The quantitative estimate of drug-likeness (QED) is 0.474. The van der Waals surface area contributed by atoms with Crippen molar-refractivity contribution in [1.29, 1.82) is 0 Å². The second-order valence-corrected chi connectivity index (χ2v) is 7.15. The van der Waals surface area contributed by atoms with E-state index in [9.17, 15) is 14.7 Å². The molecule has 0 radical (unpaired) electrons. The number of hydrogen-bond donors (Lipinski definition) is 2. The van der Waals surface area contributed by atoms with Gasteiger partial charge in [-0.1, -0.05) is 24.6 Å². The average molecular weight is 389 g/mol. The van der Waals surface area contributed by atoms with E-state index >= 15 is 0 Å². The Kier molecular flexibility index (Phi) is 8.32. The Labute approximate surface area is 166 Å². The van der Waals surface area contributed by atoms with Crippen LogP contribution in [0.3, 0.4) is 0 Å². The van der Waals surface area contributed by atoms with Crippen LogP contribution in [0.25, 0.3) is 0 Å². The zero-order valence-electron chi connectivity index (χ0n) is 16.5. The van der Waals surface area contributed by atoms with E-state index in [0.29, 0.717) is 13.1 Å². The van der Waals surface area contributed by atoms with Crippen molar-refractivity contribution < 1.29 is 19.4 Å². The molecule has 0 bridgehead atoms. The zero-order valence-corrected chi connectivity index (χ0v) is 16.5. The SMILES string of the molecule is C=CCCCCCN(Cc1ccc(OC)cc1)C(=O)N1C[C@H](O)C[C@H]1C(N)=O. The molecule has 2 atom stereocenters. The molecule has 3 N–H and O–H groups in total. The van der Waals surface area contributed by atoms with E-state index < -0.39 is 18.1 Å². The van der Waals surface area contributed by atoms with E-state index in [0.717, 1.165) is 37.0 Å². The number of methoxy groups -OCH3 is 1. The largest absolute Gasteiger partial charge is 0.497 e. The lowest BCUT2D eigenvalue weighted by molar-refractivity contribution is -0.121. The second-order valence-electron chi connectivity index (χ2n) is 7.15. The molecule has 3 amide bonds. The highest BCUT2D eigenvalue weighted by atomic mass is 16.5. The zero-order chi connectivity index (χ0) is 20.5. The summed E-state index contributed by atoms with van der Waals surface area (Å²) in [6.07, 6.45) is 5.18. The first kappa shape index (κ1) is 21.8. The van der Waals surface area contributed by atoms with Gasteiger partial charge in [0.2, 0.25) is 5.91 Å². The van der Waals surface area contributed by atoms with E-state index in [4.69, 9.17) is 10.5 Å². The molecule has 154 valence electrons. The summed E-state index contributed by atoms with van der Waals surface area (Å²) in [4.78, 5) is 28.0. The number of benzene rings is 1. The number of ether oxygens (including phenoxy) is 1. The fourth-order valence-corrected chi connectivity index (χ4v) is 3.44. The van der Waals surface area contributed by atoms with E-state index in [1.807, 2.05) is 30.3 Å². The van der Waals surface area contributed by atoms with E-state index in [2.05, 4.69) is 6.58 Å². The Bertz CT molecular complexity index is 662. The number of primary amides is 1. The molecular weight excluding hydrogens is 358 g/mol. The summed E-state index contributed by atoms with van der Waals surface area (Å²) in [7, 11) is 1.61. The number of nitrogens with zero attached hydrogens (tertiary/aromatic N) is 2. The molecule has 1 aromatic rings. The minimum Gasteiger partial charge on any atom is -0.497 e. The number of rotatable bonds is 10. The van der Waals surface area contributed by atoms with Crippen LogP contribution in [0.5, 0.6) is 5.75 Å². The van der Waals surface area contributed by atoms with Gasteiger partial charge in [-0.3, -0.25) is 4.79 Å². The lowest BCUT2D eigenvalue weighted by Crippen LogP contribution is -2.49. The number of amides is 3. The molecule has 1 aliphatic rings. The van der Waals surface area contributed by atoms with Crippen LogP contribution in [0.1, 0.15) is 37.7 Å². The normalized spacial score (nSPS) is 18.7. The highest BCUT2D eigenvalue weighted by molar-refractivity contribution is 5.86. The Hall–Kier alpha value is -2.54. The summed E-state index contributed by atoms with van der Waals surface area (Å²) in [5, 5.41) is 9.93. The number of unbranched alkanes of at least 4 members (excludes halogenated alkanes) is 3. The molecule has 0 aromatic heterocycles. The summed E-state index contributed by atoms with van der Waals surface area (Å²) in [5.74, 6) is 0.169. The van der Waals surface area contributed by atoms with Gasteiger partial charge in [-0.05, 0) is 37.0 Å². The number of hydrogen-bond acceptors (Lipinski definition) is 4. The Morgan fingerprint density at radius 3 is 2.64 bits per heavy atom. The van der Waals surface area contributed by atoms with Gasteiger partial charge in [0, 0.05) is 26.1 Å². The summed E-state index contributed by atoms with van der Waals surface area (Å²) in [6.45, 7) is 4.84. The molecule has 0 unspecified atom stereocenters. The van der Waals surface area contributed by atoms with Crippen LogP contribution in [0.15, 0.2) is 36.9 Å². The third-order valence-electron chi connectivity index (χ3n) is 4.99. The van der Waals surface area contributed by atoms with E-state index in [-0.39, 0.29) is 19.0 Å². The number of β-amino-alcohol motifs (C(OH)–C–C–N with tert-alkyl or cyclic N) is 1. The summed E-state index contributed by atoms with van der Waals surface area (Å²) < 4.78 is 5.18. The minimum atomic E-state index is -0.762. The molecule has 1 fully saturated rings. The minimum absolute atomic E-state index is 0.127. The maximum Gasteiger partial charge on any atom is 0.321 e. The van der Waals surface area contributed by atoms with Gasteiger partial charge in [0.1, 0.15) is 11.8 Å². The number of aliphatic hydroxyl groups is 1. The molecule has 0 saturated carbocycles. The first-order valence-corrected chi connectivity index (χ1v) is 9.73. The van der Waals surface area contributed by atoms with Crippen LogP contribution in [-0.4, -0.2) is 59.2 Å². The molecule has 1 heterocycles. The number of aliphatic hydroxyl groups excluding tert-OH is 1. The Morgan fingerprint density at radius 1 is 1.32 bits per heavy atom. The van der Waals surface area contributed by atoms with E-state index in [1.54, 1.807) is 12.0 Å². The van der Waals surface area contributed by atoms with Crippen molar-refractivity contribution in [3.63, 3.8) is 0 Å². The number of carbonyl (C=O) groups excluding carboxylic acids is 2. The van der Waals surface area contributed by atoms with Crippen molar-refractivity contribution in [2.45, 2.75) is 50.8 Å². The molecule has 2 rings (SSSR count). The summed E-state index contributed by atoms with van der Waals surface area (Å²) in [6, 6.07) is 6.52. The monoisotopic (exact) mass is 389 g/mol. The van der Waals surface area contributed by atoms with Gasteiger partial charge >= 0.3 is 6.03 Å². The van der Waals surface area contributed by atoms with Gasteiger partial charge in [-0.2, -0.15) is 0 Å². The van der Waals surface area contributed by atoms with Crippen LogP contribution < -0.4 is 10.5 Å². The van der Waals surface area contributed by atoms with Gasteiger partial charge in [0.15, 0.2) is 0 Å². The molecule has 0 aliphatic carbocycles. The molecule has 1 saturated heterocycles. The highest BCUT2D eigenvalue weighted by Crippen LogP contribution is 2.21. The molecule has 28 heavy (non-hydrogen) atoms. The summed E-state index contributed by atoms with van der Waals surface area (Å²) in [5.41, 5.74) is 6.41. The Morgan fingerprint density at radius 2 is 2.04 bits per heavy atom. The number of carbonyl (C=O) groups is 2. The number of nitrogens with two attached hydrogens (primary N) is 1. The third-order valence-corrected chi connectivity index (χ3v) is 4.99. The van der Waals surface area contributed by atoms with Crippen LogP contribution in [0.4, 0.5) is 4.79 Å². The number of allylic oxidation sites excluding steroid dienone is 1. The van der Waals surface area contributed by atoms with Crippen molar-refractivity contribution in [3.8, 4) is 5.75 Å². The van der Waals surface area contributed by atoms with Gasteiger partial charge in [-0.15, -0.1) is 6.58 Å². The van der Waals surface area contributed by atoms with Crippen LogP contribution in [0, 0.1) is 0 Å². The molecule has 7 nitrogen and oxygen atoms in total. The summed E-state index contributed by atoms with van der Waals surface area (Å²) >= 11 is 0. The van der Waals surface area contributed by atoms with Crippen LogP contribution in [-0.2, 0) is 11.3 Å². The molecule has 1 aromatic carbocycles. The Balaban J connectivity index is 2.09. The standard InChI is InChI=1S/C21H31N3O4/c1-3-4-5-6-7-12-23(14-16-8-10-18(28-2)11-9-16)21(27)24-15-17(25)13-19(24)20(22)26/h3,8-11,17,19,25H,1,4-7,12-15H2,2H3,(H2,22,26)/t17-,19+/m1/s1. The maximum absolute atomic E-state index is 13.1. The van der Waals surface area contributed by atoms with Crippen molar-refractivity contribution in [2.75, 3.05) is 20.2 Å². The lowest BCUT2D eigenvalue weighted by Gasteiger charge is -2.31. The predicted octanol–water partition coefficient (Wildman–Crippen LogP) is 2.28. The molecule has 1 aliphatic heterocycles. The molecule has 0 spiro atoms.